The van der Waals surface area contributed by atoms with E-state index >= 15 is 0 Å². The summed E-state index contributed by atoms with van der Waals surface area (Å²) in [5.74, 6) is 1.77. The highest BCUT2D eigenvalue weighted by Crippen LogP contribution is 2.32. The Morgan fingerprint density at radius 1 is 1.19 bits per heavy atom. The van der Waals surface area contributed by atoms with Gasteiger partial charge in [0.15, 0.2) is 0 Å². The Hall–Kier alpha value is -1.52. The molecule has 0 bridgehead atoms. The van der Waals surface area contributed by atoms with Crippen LogP contribution in [0.2, 0.25) is 0 Å². The predicted octanol–water partition coefficient (Wildman–Crippen LogP) is 4.05. The van der Waals surface area contributed by atoms with E-state index < -0.39 is 0 Å². The van der Waals surface area contributed by atoms with Crippen LogP contribution in [0.4, 0.5) is 0 Å². The van der Waals surface area contributed by atoms with Crippen molar-refractivity contribution in [3.63, 3.8) is 0 Å². The van der Waals surface area contributed by atoms with Crippen molar-refractivity contribution in [3.8, 4) is 11.5 Å². The number of hydrogen-bond donors (Lipinski definition) is 1. The van der Waals surface area contributed by atoms with Gasteiger partial charge in [-0.05, 0) is 56.0 Å². The zero-order chi connectivity index (χ0) is 15.1. The molecule has 0 fully saturated rings. The Kier molecular flexibility index (Phi) is 6.08. The van der Waals surface area contributed by atoms with Crippen LogP contribution in [0, 0.1) is 0 Å². The van der Waals surface area contributed by atoms with Gasteiger partial charge in [-0.25, -0.2) is 0 Å². The first-order chi connectivity index (χ1) is 10.3. The molecule has 0 amide bonds. The fourth-order valence-corrected chi connectivity index (χ4v) is 3.25. The Balaban J connectivity index is 2.05. The van der Waals surface area contributed by atoms with Crippen LogP contribution in [-0.2, 0) is 6.42 Å². The number of nitrogens with one attached hydrogen (secondary N) is 1. The van der Waals surface area contributed by atoms with Crippen molar-refractivity contribution >= 4 is 11.3 Å². The number of hydrogen-bond acceptors (Lipinski definition) is 4. The molecule has 21 heavy (non-hydrogen) atoms. The lowest BCUT2D eigenvalue weighted by molar-refractivity contribution is 0.388. The number of rotatable bonds is 8. The topological polar surface area (TPSA) is 30.5 Å². The van der Waals surface area contributed by atoms with E-state index in [-0.39, 0.29) is 6.04 Å². The highest BCUT2D eigenvalue weighted by Gasteiger charge is 2.15. The molecule has 4 heteroatoms. The lowest BCUT2D eigenvalue weighted by atomic mass is 9.99. The van der Waals surface area contributed by atoms with E-state index in [2.05, 4.69) is 28.9 Å². The quantitative estimate of drug-likeness (QED) is 0.798. The zero-order valence-electron chi connectivity index (χ0n) is 12.9. The zero-order valence-corrected chi connectivity index (χ0v) is 13.7. The molecule has 0 aliphatic heterocycles. The van der Waals surface area contributed by atoms with Crippen LogP contribution in [0.1, 0.15) is 29.3 Å². The van der Waals surface area contributed by atoms with Crippen LogP contribution >= 0.6 is 11.3 Å². The molecule has 0 saturated carbocycles. The SMILES string of the molecule is CNC(CCCc1cccs1)c1cc(OC)ccc1OC. The summed E-state index contributed by atoms with van der Waals surface area (Å²) in [5.41, 5.74) is 1.16. The minimum atomic E-state index is 0.273. The molecular formula is C17H23NO2S. The molecule has 1 aromatic carbocycles. The highest BCUT2D eigenvalue weighted by atomic mass is 32.1. The molecule has 1 N–H and O–H groups in total. The van der Waals surface area contributed by atoms with Crippen molar-refractivity contribution in [3.05, 3.63) is 46.2 Å². The summed E-state index contributed by atoms with van der Waals surface area (Å²) in [6.45, 7) is 0. The van der Waals surface area contributed by atoms with Gasteiger partial charge in [0, 0.05) is 16.5 Å². The van der Waals surface area contributed by atoms with Gasteiger partial charge in [-0.3, -0.25) is 0 Å². The third-order valence-corrected chi connectivity index (χ3v) is 4.59. The minimum absolute atomic E-state index is 0.273. The Bertz CT molecular complexity index is 540. The van der Waals surface area contributed by atoms with Crippen LogP contribution in [0.25, 0.3) is 0 Å². The van der Waals surface area contributed by atoms with Crippen LogP contribution < -0.4 is 14.8 Å². The second-order valence-corrected chi connectivity index (χ2v) is 5.95. The van der Waals surface area contributed by atoms with Crippen molar-refractivity contribution in [2.24, 2.45) is 0 Å². The van der Waals surface area contributed by atoms with E-state index in [9.17, 15) is 0 Å². The Morgan fingerprint density at radius 2 is 2.05 bits per heavy atom. The van der Waals surface area contributed by atoms with Gasteiger partial charge < -0.3 is 14.8 Å². The van der Waals surface area contributed by atoms with Crippen molar-refractivity contribution in [1.29, 1.82) is 0 Å². The monoisotopic (exact) mass is 305 g/mol. The van der Waals surface area contributed by atoms with Crippen LogP contribution in [0.5, 0.6) is 11.5 Å². The Labute approximate surface area is 130 Å². The Morgan fingerprint density at radius 3 is 2.67 bits per heavy atom. The molecule has 2 aromatic rings. The molecule has 0 spiro atoms. The van der Waals surface area contributed by atoms with Gasteiger partial charge in [-0.1, -0.05) is 6.07 Å². The van der Waals surface area contributed by atoms with Gasteiger partial charge in [0.25, 0.3) is 0 Å². The number of ether oxygens (including phenoxy) is 2. The summed E-state index contributed by atoms with van der Waals surface area (Å²) in [6, 6.07) is 10.5. The summed E-state index contributed by atoms with van der Waals surface area (Å²) >= 11 is 1.83. The first-order valence-electron chi connectivity index (χ1n) is 7.20. The summed E-state index contributed by atoms with van der Waals surface area (Å²) in [5, 5.41) is 5.53. The second-order valence-electron chi connectivity index (χ2n) is 4.92. The van der Waals surface area contributed by atoms with Crippen molar-refractivity contribution < 1.29 is 9.47 Å². The van der Waals surface area contributed by atoms with Gasteiger partial charge >= 0.3 is 0 Å². The minimum Gasteiger partial charge on any atom is -0.497 e. The summed E-state index contributed by atoms with van der Waals surface area (Å²) < 4.78 is 10.8. The number of benzene rings is 1. The molecule has 0 aliphatic carbocycles. The van der Waals surface area contributed by atoms with Gasteiger partial charge in [0.2, 0.25) is 0 Å². The molecule has 0 radical (unpaired) electrons. The summed E-state index contributed by atoms with van der Waals surface area (Å²) in [6.07, 6.45) is 3.34. The van der Waals surface area contributed by atoms with Crippen LogP contribution in [0.3, 0.4) is 0 Å². The van der Waals surface area contributed by atoms with Crippen molar-refractivity contribution in [2.75, 3.05) is 21.3 Å². The van der Waals surface area contributed by atoms with E-state index in [0.717, 1.165) is 36.3 Å². The summed E-state index contributed by atoms with van der Waals surface area (Å²) in [7, 11) is 5.40. The van der Waals surface area contributed by atoms with Crippen LogP contribution in [-0.4, -0.2) is 21.3 Å². The molecule has 0 aliphatic rings. The first-order valence-corrected chi connectivity index (χ1v) is 8.08. The van der Waals surface area contributed by atoms with E-state index in [4.69, 9.17) is 9.47 Å². The number of thiophene rings is 1. The molecule has 1 atom stereocenters. The average Bonchev–Trinajstić information content (AvgIpc) is 3.04. The van der Waals surface area contributed by atoms with E-state index in [1.807, 2.05) is 30.5 Å². The smallest absolute Gasteiger partial charge is 0.123 e. The van der Waals surface area contributed by atoms with Gasteiger partial charge in [0.05, 0.1) is 14.2 Å². The third kappa shape index (κ3) is 4.22. The van der Waals surface area contributed by atoms with Gasteiger partial charge in [-0.15, -0.1) is 11.3 Å². The lowest BCUT2D eigenvalue weighted by Crippen LogP contribution is -2.17. The second kappa shape index (κ2) is 8.05. The maximum atomic E-state index is 5.49. The summed E-state index contributed by atoms with van der Waals surface area (Å²) in [4.78, 5) is 1.45. The lowest BCUT2D eigenvalue weighted by Gasteiger charge is -2.20. The standard InChI is InChI=1S/C17H23NO2S/c1-18-16(8-4-6-14-7-5-11-21-14)15-12-13(19-2)9-10-17(15)20-3/h5,7,9-12,16,18H,4,6,8H2,1-3H3. The molecule has 1 aromatic heterocycles. The third-order valence-electron chi connectivity index (χ3n) is 3.66. The van der Waals surface area contributed by atoms with E-state index in [1.165, 1.54) is 4.88 Å². The molecule has 1 unspecified atom stereocenters. The highest BCUT2D eigenvalue weighted by molar-refractivity contribution is 7.09. The number of aryl methyl sites for hydroxylation is 1. The fourth-order valence-electron chi connectivity index (χ4n) is 2.50. The maximum absolute atomic E-state index is 5.49. The van der Waals surface area contributed by atoms with Crippen LogP contribution in [0.15, 0.2) is 35.7 Å². The van der Waals surface area contributed by atoms with E-state index in [0.29, 0.717) is 0 Å². The fraction of sp³-hybridized carbons (Fsp3) is 0.412. The van der Waals surface area contributed by atoms with Crippen molar-refractivity contribution in [1.82, 2.24) is 5.32 Å². The van der Waals surface area contributed by atoms with E-state index in [1.54, 1.807) is 14.2 Å². The van der Waals surface area contributed by atoms with Gasteiger partial charge in [-0.2, -0.15) is 0 Å². The predicted molar refractivity (Wildman–Crippen MR) is 88.6 cm³/mol. The first kappa shape index (κ1) is 15.9. The molecule has 3 nitrogen and oxygen atoms in total. The van der Waals surface area contributed by atoms with Crippen molar-refractivity contribution in [2.45, 2.75) is 25.3 Å². The number of methoxy groups -OCH3 is 2. The average molecular weight is 305 g/mol. The maximum Gasteiger partial charge on any atom is 0.123 e. The van der Waals surface area contributed by atoms with Gasteiger partial charge in [0.1, 0.15) is 11.5 Å². The molecule has 1 heterocycles. The normalized spacial score (nSPS) is 12.1. The molecular weight excluding hydrogens is 282 g/mol. The largest absolute Gasteiger partial charge is 0.497 e. The molecule has 0 saturated heterocycles. The molecule has 2 rings (SSSR count). The molecule has 114 valence electrons.